The van der Waals surface area contributed by atoms with E-state index in [4.69, 9.17) is 9.26 Å². The minimum atomic E-state index is 0.509. The van der Waals surface area contributed by atoms with Crippen molar-refractivity contribution in [2.45, 2.75) is 45.6 Å². The van der Waals surface area contributed by atoms with Gasteiger partial charge in [0.25, 0.3) is 0 Å². The highest BCUT2D eigenvalue weighted by Crippen LogP contribution is 2.39. The Kier molecular flexibility index (Phi) is 5.26. The monoisotopic (exact) mass is 397 g/mol. The van der Waals surface area contributed by atoms with Gasteiger partial charge in [-0.1, -0.05) is 5.16 Å². The Labute approximate surface area is 172 Å². The number of ether oxygens (including phenoxy) is 1. The van der Waals surface area contributed by atoms with E-state index in [-0.39, 0.29) is 0 Å². The Balaban J connectivity index is 1.14. The van der Waals surface area contributed by atoms with Crippen molar-refractivity contribution in [2.24, 2.45) is 17.8 Å². The molecule has 2 aliphatic heterocycles. The first kappa shape index (κ1) is 19.0. The van der Waals surface area contributed by atoms with Gasteiger partial charge in [-0.3, -0.25) is 0 Å². The lowest BCUT2D eigenvalue weighted by molar-refractivity contribution is 0.0545. The summed E-state index contributed by atoms with van der Waals surface area (Å²) in [4.78, 5) is 2.71. The lowest BCUT2D eigenvalue weighted by Gasteiger charge is -2.27. The molecule has 4 heterocycles. The number of hydrogen-bond donors (Lipinski definition) is 1. The molecule has 3 fully saturated rings. The van der Waals surface area contributed by atoms with Crippen LogP contribution in [-0.4, -0.2) is 59.1 Å². The van der Waals surface area contributed by atoms with Crippen LogP contribution >= 0.6 is 0 Å². The van der Waals surface area contributed by atoms with Gasteiger partial charge < -0.3 is 19.5 Å². The van der Waals surface area contributed by atoms with Crippen molar-refractivity contribution in [1.29, 1.82) is 0 Å². The number of anilines is 1. The average Bonchev–Trinajstić information content (AvgIpc) is 3.36. The van der Waals surface area contributed by atoms with Gasteiger partial charge in [-0.15, -0.1) is 10.2 Å². The average molecular weight is 398 g/mol. The summed E-state index contributed by atoms with van der Waals surface area (Å²) >= 11 is 0. The molecule has 0 spiro atoms. The maximum Gasteiger partial charge on any atom is 0.148 e. The zero-order valence-electron chi connectivity index (χ0n) is 17.4. The molecule has 5 rings (SSSR count). The van der Waals surface area contributed by atoms with E-state index in [1.165, 1.54) is 45.3 Å². The number of rotatable bonds is 5. The predicted molar refractivity (Wildman–Crippen MR) is 111 cm³/mol. The molecule has 29 heavy (non-hydrogen) atoms. The van der Waals surface area contributed by atoms with E-state index in [0.29, 0.717) is 6.04 Å². The fraction of sp³-hybridized carbons (Fsp3) is 0.682. The zero-order valence-corrected chi connectivity index (χ0v) is 17.4. The fourth-order valence-corrected chi connectivity index (χ4v) is 5.56. The molecule has 7 heteroatoms. The predicted octanol–water partition coefficient (Wildman–Crippen LogP) is 3.30. The molecule has 1 N–H and O–H groups in total. The minimum absolute atomic E-state index is 0.509. The van der Waals surface area contributed by atoms with Crippen molar-refractivity contribution in [2.75, 3.05) is 38.2 Å². The lowest BCUT2D eigenvalue weighted by Crippen LogP contribution is -2.32. The molecular formula is C22H31N5O2. The Morgan fingerprint density at radius 3 is 2.45 bits per heavy atom. The van der Waals surface area contributed by atoms with E-state index in [1.54, 1.807) is 0 Å². The zero-order chi connectivity index (χ0) is 19.8. The highest BCUT2D eigenvalue weighted by molar-refractivity contribution is 5.63. The highest BCUT2D eigenvalue weighted by atomic mass is 16.5. The topological polar surface area (TPSA) is 76.3 Å². The minimum Gasteiger partial charge on any atom is -0.381 e. The molecule has 0 aromatic carbocycles. The number of hydrogen-bond acceptors (Lipinski definition) is 7. The van der Waals surface area contributed by atoms with Gasteiger partial charge in [0, 0.05) is 38.9 Å². The molecular weight excluding hydrogens is 366 g/mol. The van der Waals surface area contributed by atoms with Crippen LogP contribution in [0.25, 0.3) is 11.3 Å². The molecule has 1 saturated carbocycles. The summed E-state index contributed by atoms with van der Waals surface area (Å²) in [6.07, 6.45) is 4.95. The molecule has 0 bridgehead atoms. The molecule has 2 atom stereocenters. The van der Waals surface area contributed by atoms with Crippen molar-refractivity contribution >= 4 is 5.82 Å². The van der Waals surface area contributed by atoms with Crippen LogP contribution in [-0.2, 0) is 4.74 Å². The van der Waals surface area contributed by atoms with Crippen LogP contribution in [0.15, 0.2) is 16.7 Å². The summed E-state index contributed by atoms with van der Waals surface area (Å²) in [7, 11) is 0. The summed E-state index contributed by atoms with van der Waals surface area (Å²) in [6, 6.07) is 4.54. The maximum absolute atomic E-state index is 5.50. The normalized spacial score (nSPS) is 28.0. The number of aromatic nitrogens is 3. The molecule has 2 aromatic heterocycles. The quantitative estimate of drug-likeness (QED) is 0.829. The second-order valence-electron chi connectivity index (χ2n) is 9.11. The molecule has 0 radical (unpaired) electrons. The van der Waals surface area contributed by atoms with E-state index in [9.17, 15) is 0 Å². The maximum atomic E-state index is 5.50. The van der Waals surface area contributed by atoms with Gasteiger partial charge in [-0.05, 0) is 69.4 Å². The Morgan fingerprint density at radius 1 is 1.07 bits per heavy atom. The summed E-state index contributed by atoms with van der Waals surface area (Å²) in [5, 5.41) is 16.4. The van der Waals surface area contributed by atoms with Crippen molar-refractivity contribution in [3.05, 3.63) is 23.6 Å². The first-order chi connectivity index (χ1) is 14.2. The van der Waals surface area contributed by atoms with E-state index in [1.807, 2.05) is 26.0 Å². The molecule has 3 aliphatic rings. The van der Waals surface area contributed by atoms with Crippen LogP contribution in [0.3, 0.4) is 0 Å². The van der Waals surface area contributed by atoms with Crippen molar-refractivity contribution < 1.29 is 9.26 Å². The fourth-order valence-electron chi connectivity index (χ4n) is 5.56. The Hall–Kier alpha value is -1.99. The van der Waals surface area contributed by atoms with Gasteiger partial charge in [0.2, 0.25) is 0 Å². The molecule has 2 aromatic rings. The molecule has 2 saturated heterocycles. The third-order valence-corrected chi connectivity index (χ3v) is 6.99. The second-order valence-corrected chi connectivity index (χ2v) is 9.11. The molecule has 156 valence electrons. The highest BCUT2D eigenvalue weighted by Gasteiger charge is 2.41. The summed E-state index contributed by atoms with van der Waals surface area (Å²) < 4.78 is 10.7. The smallest absolute Gasteiger partial charge is 0.148 e. The summed E-state index contributed by atoms with van der Waals surface area (Å²) in [5.41, 5.74) is 2.62. The van der Waals surface area contributed by atoms with Crippen LogP contribution in [0.4, 0.5) is 5.82 Å². The van der Waals surface area contributed by atoms with E-state index in [2.05, 4.69) is 25.6 Å². The van der Waals surface area contributed by atoms with Crippen molar-refractivity contribution in [3.8, 4) is 11.3 Å². The van der Waals surface area contributed by atoms with E-state index in [0.717, 1.165) is 59.5 Å². The largest absolute Gasteiger partial charge is 0.381 e. The van der Waals surface area contributed by atoms with Gasteiger partial charge in [0.05, 0.1) is 17.0 Å². The van der Waals surface area contributed by atoms with Gasteiger partial charge in [0.1, 0.15) is 11.6 Å². The SMILES string of the molecule is Cc1noc(C)c1-c1ccc(NC2CC3CN(CC4CCOCC4)CC3C2)nn1. The number of fused-ring (bicyclic) bond motifs is 1. The van der Waals surface area contributed by atoms with Gasteiger partial charge in [0.15, 0.2) is 0 Å². The standard InChI is InChI=1S/C22H31N5O2/c1-14-22(15(2)29-26-14)20-3-4-21(25-24-20)23-19-9-17-12-27(13-18(17)10-19)11-16-5-7-28-8-6-16/h3-4,16-19H,5-13H2,1-2H3,(H,23,25). The number of nitrogens with zero attached hydrogens (tertiary/aromatic N) is 4. The first-order valence-electron chi connectivity index (χ1n) is 11.0. The van der Waals surface area contributed by atoms with Crippen molar-refractivity contribution in [3.63, 3.8) is 0 Å². The van der Waals surface area contributed by atoms with Gasteiger partial charge >= 0.3 is 0 Å². The van der Waals surface area contributed by atoms with Crippen LogP contribution < -0.4 is 5.32 Å². The third kappa shape index (κ3) is 4.03. The third-order valence-electron chi connectivity index (χ3n) is 6.99. The molecule has 7 nitrogen and oxygen atoms in total. The van der Waals surface area contributed by atoms with Crippen LogP contribution in [0, 0.1) is 31.6 Å². The number of likely N-dealkylation sites (tertiary alicyclic amines) is 1. The van der Waals surface area contributed by atoms with Crippen molar-refractivity contribution in [1.82, 2.24) is 20.3 Å². The Morgan fingerprint density at radius 2 is 1.83 bits per heavy atom. The molecule has 1 aliphatic carbocycles. The number of nitrogens with one attached hydrogen (secondary N) is 1. The second kappa shape index (κ2) is 8.03. The van der Waals surface area contributed by atoms with Crippen LogP contribution in [0.2, 0.25) is 0 Å². The summed E-state index contributed by atoms with van der Waals surface area (Å²) in [5.74, 6) is 4.13. The molecule has 2 unspecified atom stereocenters. The Bertz CT molecular complexity index is 797. The van der Waals surface area contributed by atoms with Crippen LogP contribution in [0.1, 0.15) is 37.1 Å². The first-order valence-corrected chi connectivity index (χ1v) is 11.0. The van der Waals surface area contributed by atoms with Crippen LogP contribution in [0.5, 0.6) is 0 Å². The van der Waals surface area contributed by atoms with E-state index < -0.39 is 0 Å². The van der Waals surface area contributed by atoms with Gasteiger partial charge in [-0.2, -0.15) is 0 Å². The summed E-state index contributed by atoms with van der Waals surface area (Å²) in [6.45, 7) is 9.53. The molecule has 0 amide bonds. The number of aryl methyl sites for hydroxylation is 2. The lowest BCUT2D eigenvalue weighted by atomic mass is 10.00. The van der Waals surface area contributed by atoms with E-state index >= 15 is 0 Å². The van der Waals surface area contributed by atoms with Gasteiger partial charge in [-0.25, -0.2) is 0 Å².